The van der Waals surface area contributed by atoms with Gasteiger partial charge in [-0.1, -0.05) is 38.1 Å². The number of nitrogens with two attached hydrogens (primary N) is 1. The Morgan fingerprint density at radius 2 is 1.79 bits per heavy atom. The normalized spacial score (nSPS) is 23.2. The molecule has 1 aliphatic carbocycles. The van der Waals surface area contributed by atoms with E-state index in [1.54, 1.807) is 18.0 Å². The van der Waals surface area contributed by atoms with Crippen LogP contribution in [0, 0.1) is 18.8 Å². The molecule has 0 radical (unpaired) electrons. The molecule has 39 heavy (non-hydrogen) atoms. The van der Waals surface area contributed by atoms with Crippen LogP contribution in [0.5, 0.6) is 0 Å². The molecule has 2 N–H and O–H groups in total. The molecule has 6 heteroatoms. The smallest absolute Gasteiger partial charge is 0.163 e. The van der Waals surface area contributed by atoms with E-state index in [9.17, 15) is 9.59 Å². The van der Waals surface area contributed by atoms with Crippen LogP contribution in [0.4, 0.5) is 5.69 Å². The molecule has 2 atom stereocenters. The van der Waals surface area contributed by atoms with E-state index in [4.69, 9.17) is 5.73 Å². The van der Waals surface area contributed by atoms with Crippen LogP contribution in [0.2, 0.25) is 0 Å². The van der Waals surface area contributed by atoms with E-state index in [0.717, 1.165) is 61.3 Å². The molecular formula is C33H43N3O2S. The second-order valence-electron chi connectivity index (χ2n) is 11.2. The Labute approximate surface area is 238 Å². The summed E-state index contributed by atoms with van der Waals surface area (Å²) in [5, 5.41) is 2.19. The van der Waals surface area contributed by atoms with Gasteiger partial charge in [0, 0.05) is 61.6 Å². The Kier molecular flexibility index (Phi) is 10.1. The van der Waals surface area contributed by atoms with Gasteiger partial charge in [0.15, 0.2) is 11.6 Å². The SMILES string of the molecule is Cc1cc(C(=O)CCS/C=C2\C(=C/N)C(C)CC(=O)c3ccccc3CCC2C)ccc1N1CCN(C)CC1. The van der Waals surface area contributed by atoms with Crippen molar-refractivity contribution in [1.82, 2.24) is 4.90 Å². The first-order chi connectivity index (χ1) is 18.8. The second kappa shape index (κ2) is 13.5. The summed E-state index contributed by atoms with van der Waals surface area (Å²) in [7, 11) is 2.16. The van der Waals surface area contributed by atoms with Crippen molar-refractivity contribution >= 4 is 29.0 Å². The van der Waals surface area contributed by atoms with Gasteiger partial charge in [-0.15, -0.1) is 11.8 Å². The van der Waals surface area contributed by atoms with Crippen molar-refractivity contribution in [2.45, 2.75) is 46.5 Å². The zero-order chi connectivity index (χ0) is 27.9. The number of rotatable bonds is 6. The van der Waals surface area contributed by atoms with Crippen molar-refractivity contribution < 1.29 is 9.59 Å². The number of thioether (sulfide) groups is 1. The first-order valence-corrected chi connectivity index (χ1v) is 15.3. The highest BCUT2D eigenvalue weighted by Crippen LogP contribution is 2.35. The van der Waals surface area contributed by atoms with E-state index in [2.05, 4.69) is 55.2 Å². The van der Waals surface area contributed by atoms with Gasteiger partial charge in [-0.25, -0.2) is 0 Å². The quantitative estimate of drug-likeness (QED) is 0.341. The van der Waals surface area contributed by atoms with Crippen LogP contribution in [0.15, 0.2) is 65.2 Å². The maximum absolute atomic E-state index is 13.1. The average molecular weight is 546 g/mol. The Hall–Kier alpha value is -2.83. The third-order valence-electron chi connectivity index (χ3n) is 8.25. The molecule has 0 amide bonds. The molecule has 2 aromatic rings. The zero-order valence-corrected chi connectivity index (χ0v) is 24.7. The number of hydrogen-bond acceptors (Lipinski definition) is 6. The highest BCUT2D eigenvalue weighted by molar-refractivity contribution is 8.02. The minimum absolute atomic E-state index is 0.0337. The fourth-order valence-corrected chi connectivity index (χ4v) is 6.69. The molecule has 208 valence electrons. The van der Waals surface area contributed by atoms with E-state index in [1.165, 1.54) is 16.8 Å². The first-order valence-electron chi connectivity index (χ1n) is 14.2. The van der Waals surface area contributed by atoms with Gasteiger partial charge in [-0.3, -0.25) is 9.59 Å². The minimum Gasteiger partial charge on any atom is -0.404 e. The molecule has 1 fully saturated rings. The predicted octanol–water partition coefficient (Wildman–Crippen LogP) is 6.27. The number of piperazine rings is 1. The summed E-state index contributed by atoms with van der Waals surface area (Å²) in [5.74, 6) is 1.40. The predicted molar refractivity (Wildman–Crippen MR) is 165 cm³/mol. The van der Waals surface area contributed by atoms with E-state index in [1.807, 2.05) is 30.3 Å². The van der Waals surface area contributed by atoms with Gasteiger partial charge >= 0.3 is 0 Å². The molecule has 2 aliphatic rings. The fourth-order valence-electron chi connectivity index (χ4n) is 5.73. The molecule has 0 aromatic heterocycles. The summed E-state index contributed by atoms with van der Waals surface area (Å²) < 4.78 is 0. The maximum Gasteiger partial charge on any atom is 0.163 e. The molecule has 5 nitrogen and oxygen atoms in total. The fraction of sp³-hybridized carbons (Fsp3) is 0.455. The number of likely N-dealkylation sites (N-methyl/N-ethyl adjacent to an activating group) is 1. The van der Waals surface area contributed by atoms with Gasteiger partial charge in [0.2, 0.25) is 0 Å². The first kappa shape index (κ1) is 29.2. The summed E-state index contributed by atoms with van der Waals surface area (Å²) in [5.41, 5.74) is 13.5. The van der Waals surface area contributed by atoms with Crippen LogP contribution >= 0.6 is 11.8 Å². The number of aryl methyl sites for hydroxylation is 2. The van der Waals surface area contributed by atoms with Gasteiger partial charge in [0.25, 0.3) is 0 Å². The molecule has 2 unspecified atom stereocenters. The highest BCUT2D eigenvalue weighted by Gasteiger charge is 2.24. The van der Waals surface area contributed by atoms with Crippen molar-refractivity contribution in [2.75, 3.05) is 43.9 Å². The average Bonchev–Trinajstić information content (AvgIpc) is 2.93. The Morgan fingerprint density at radius 3 is 2.51 bits per heavy atom. The topological polar surface area (TPSA) is 66.6 Å². The standard InChI is InChI=1S/C33H43N3O2S/c1-23-9-10-26-7-5-6-8-28(26)33(38)20-24(2)29(21-34)30(23)22-39-18-13-32(37)27-11-12-31(25(3)19-27)36-16-14-35(4)15-17-36/h5-8,11-12,19,21-24H,9-10,13-18,20,34H2,1-4H3/b29-21-,30-22-. The van der Waals surface area contributed by atoms with Crippen LogP contribution in [0.3, 0.4) is 0 Å². The molecule has 1 aliphatic heterocycles. The number of hydrogen-bond donors (Lipinski definition) is 1. The molecule has 0 saturated carbocycles. The number of benzene rings is 2. The number of carbonyl (C=O) groups is 2. The number of carbonyl (C=O) groups excluding carboxylic acids is 2. The molecule has 2 aromatic carbocycles. The number of anilines is 1. The number of allylic oxidation sites excluding steroid dienone is 2. The molecule has 1 heterocycles. The van der Waals surface area contributed by atoms with Crippen LogP contribution in [0.25, 0.3) is 0 Å². The lowest BCUT2D eigenvalue weighted by Crippen LogP contribution is -2.44. The van der Waals surface area contributed by atoms with E-state index in [0.29, 0.717) is 24.5 Å². The van der Waals surface area contributed by atoms with Crippen molar-refractivity contribution in [1.29, 1.82) is 0 Å². The van der Waals surface area contributed by atoms with E-state index >= 15 is 0 Å². The van der Waals surface area contributed by atoms with Crippen molar-refractivity contribution in [3.8, 4) is 0 Å². The highest BCUT2D eigenvalue weighted by atomic mass is 32.2. The van der Waals surface area contributed by atoms with Gasteiger partial charge in [0.05, 0.1) is 0 Å². The number of Topliss-reactive ketones (excluding diaryl/α,β-unsaturated/α-hetero) is 2. The molecule has 0 bridgehead atoms. The lowest BCUT2D eigenvalue weighted by molar-refractivity contribution is 0.0966. The van der Waals surface area contributed by atoms with Crippen molar-refractivity contribution in [3.05, 3.63) is 87.5 Å². The molecule has 1 saturated heterocycles. The van der Waals surface area contributed by atoms with Crippen molar-refractivity contribution in [2.24, 2.45) is 17.6 Å². The van der Waals surface area contributed by atoms with Gasteiger partial charge in [-0.05, 0) is 90.7 Å². The maximum atomic E-state index is 13.1. The summed E-state index contributed by atoms with van der Waals surface area (Å²) >= 11 is 1.68. The second-order valence-corrected chi connectivity index (χ2v) is 12.1. The Balaban J connectivity index is 1.40. The lowest BCUT2D eigenvalue weighted by atomic mass is 9.80. The third-order valence-corrected chi connectivity index (χ3v) is 9.11. The number of nitrogens with zero attached hydrogens (tertiary/aromatic N) is 2. The van der Waals surface area contributed by atoms with Gasteiger partial charge in [0.1, 0.15) is 0 Å². The van der Waals surface area contributed by atoms with Crippen LogP contribution in [-0.2, 0) is 6.42 Å². The largest absolute Gasteiger partial charge is 0.404 e. The van der Waals surface area contributed by atoms with Crippen LogP contribution in [-0.4, -0.2) is 55.4 Å². The molecule has 4 rings (SSSR count). The van der Waals surface area contributed by atoms with Crippen LogP contribution < -0.4 is 10.6 Å². The van der Waals surface area contributed by atoms with Crippen LogP contribution in [0.1, 0.15) is 65.0 Å². The monoisotopic (exact) mass is 545 g/mol. The summed E-state index contributed by atoms with van der Waals surface area (Å²) in [4.78, 5) is 30.9. The Morgan fingerprint density at radius 1 is 1.05 bits per heavy atom. The number of ketones is 2. The summed E-state index contributed by atoms with van der Waals surface area (Å²) in [6, 6.07) is 14.1. The van der Waals surface area contributed by atoms with E-state index in [-0.39, 0.29) is 17.5 Å². The van der Waals surface area contributed by atoms with Crippen molar-refractivity contribution in [3.63, 3.8) is 0 Å². The number of fused-ring (bicyclic) bond motifs is 1. The van der Waals surface area contributed by atoms with Gasteiger partial charge in [-0.2, -0.15) is 0 Å². The third kappa shape index (κ3) is 7.23. The minimum atomic E-state index is 0.0337. The molecular weight excluding hydrogens is 502 g/mol. The summed E-state index contributed by atoms with van der Waals surface area (Å²) in [6.45, 7) is 10.6. The van der Waals surface area contributed by atoms with E-state index < -0.39 is 0 Å². The van der Waals surface area contributed by atoms with Gasteiger partial charge < -0.3 is 15.5 Å². The molecule has 0 spiro atoms. The Bertz CT molecular complexity index is 1240. The lowest BCUT2D eigenvalue weighted by Gasteiger charge is -2.35. The zero-order valence-electron chi connectivity index (χ0n) is 23.9. The summed E-state index contributed by atoms with van der Waals surface area (Å²) in [6.07, 6.45) is 4.41.